The summed E-state index contributed by atoms with van der Waals surface area (Å²) < 4.78 is 39.1. The molecule has 1 amide bonds. The predicted octanol–water partition coefficient (Wildman–Crippen LogP) is 4.57. The molecule has 0 spiro atoms. The van der Waals surface area contributed by atoms with Crippen molar-refractivity contribution >= 4 is 21.7 Å². The third-order valence-corrected chi connectivity index (χ3v) is 6.75. The number of carbonyl (C=O) groups excluding carboxylic acids is 1. The number of rotatable bonds is 7. The summed E-state index contributed by atoms with van der Waals surface area (Å²) >= 11 is 0. The summed E-state index contributed by atoms with van der Waals surface area (Å²) in [5.74, 6) is 0.189. The Morgan fingerprint density at radius 3 is 2.30 bits per heavy atom. The lowest BCUT2D eigenvalue weighted by atomic mass is 10.1. The molecule has 3 N–H and O–H groups in total. The van der Waals surface area contributed by atoms with Gasteiger partial charge in [-0.15, -0.1) is 0 Å². The number of aryl methyl sites for hydroxylation is 3. The molecule has 0 saturated heterocycles. The van der Waals surface area contributed by atoms with E-state index >= 15 is 0 Å². The summed E-state index contributed by atoms with van der Waals surface area (Å²) in [5.41, 5.74) is 9.51. The van der Waals surface area contributed by atoms with Crippen LogP contribution >= 0.6 is 0 Å². The Morgan fingerprint density at radius 1 is 0.919 bits per heavy atom. The van der Waals surface area contributed by atoms with Gasteiger partial charge in [0, 0.05) is 5.56 Å². The Hall–Kier alpha value is -4.44. The number of aromatic nitrogens is 2. The number of methoxy groups -OCH3 is 1. The van der Waals surface area contributed by atoms with Crippen LogP contribution in [0.4, 0.5) is 5.82 Å². The van der Waals surface area contributed by atoms with Gasteiger partial charge in [-0.05, 0) is 68.3 Å². The number of ether oxygens (including phenoxy) is 2. The number of amides is 1. The van der Waals surface area contributed by atoms with E-state index in [2.05, 4.69) is 9.97 Å². The summed E-state index contributed by atoms with van der Waals surface area (Å²) in [6.45, 7) is 5.74. The second-order valence-corrected chi connectivity index (χ2v) is 10.1. The quantitative estimate of drug-likeness (QED) is 0.363. The van der Waals surface area contributed by atoms with Crippen molar-refractivity contribution in [3.8, 4) is 28.6 Å². The SMILES string of the molecule is COc1cccc(-c2ccc(C(=O)NS(=O)(=O)c3cccc(N)n3)c(Oc3c(C)cc(C)cc3C)n2)c1. The zero-order chi connectivity index (χ0) is 26.7. The largest absolute Gasteiger partial charge is 0.497 e. The summed E-state index contributed by atoms with van der Waals surface area (Å²) in [7, 11) is -2.74. The third-order valence-electron chi connectivity index (χ3n) is 5.52. The van der Waals surface area contributed by atoms with E-state index in [1.807, 2.05) is 49.8 Å². The highest BCUT2D eigenvalue weighted by Gasteiger charge is 2.25. The molecule has 0 unspecified atom stereocenters. The van der Waals surface area contributed by atoms with Crippen molar-refractivity contribution in [1.29, 1.82) is 0 Å². The first-order valence-corrected chi connectivity index (χ1v) is 12.8. The molecule has 0 saturated carbocycles. The molecule has 0 radical (unpaired) electrons. The van der Waals surface area contributed by atoms with Crippen molar-refractivity contribution in [3.63, 3.8) is 0 Å². The molecule has 0 aliphatic carbocycles. The molecule has 0 bridgehead atoms. The van der Waals surface area contributed by atoms with Gasteiger partial charge in [-0.25, -0.2) is 14.7 Å². The van der Waals surface area contributed by atoms with Gasteiger partial charge in [-0.3, -0.25) is 4.79 Å². The fourth-order valence-electron chi connectivity index (χ4n) is 3.87. The minimum absolute atomic E-state index is 0.00831. The van der Waals surface area contributed by atoms with Gasteiger partial charge in [0.15, 0.2) is 5.03 Å². The highest BCUT2D eigenvalue weighted by molar-refractivity contribution is 7.90. The number of pyridine rings is 2. The molecular formula is C27H26N4O5S. The molecule has 2 aromatic heterocycles. The average Bonchev–Trinajstić information content (AvgIpc) is 2.86. The summed E-state index contributed by atoms with van der Waals surface area (Å²) in [5, 5.41) is -0.380. The molecule has 0 aliphatic rings. The third kappa shape index (κ3) is 5.70. The Labute approximate surface area is 215 Å². The number of hydrogen-bond donors (Lipinski definition) is 2. The van der Waals surface area contributed by atoms with Crippen LogP contribution < -0.4 is 19.9 Å². The first-order chi connectivity index (χ1) is 17.6. The number of anilines is 1. The van der Waals surface area contributed by atoms with Crippen molar-refractivity contribution in [1.82, 2.24) is 14.7 Å². The molecule has 2 aromatic carbocycles. The Balaban J connectivity index is 1.78. The number of sulfonamides is 1. The lowest BCUT2D eigenvalue weighted by Crippen LogP contribution is -2.31. The van der Waals surface area contributed by atoms with E-state index in [1.54, 1.807) is 25.3 Å². The summed E-state index contributed by atoms with van der Waals surface area (Å²) in [6.07, 6.45) is 0. The smallest absolute Gasteiger partial charge is 0.281 e. The van der Waals surface area contributed by atoms with Crippen LogP contribution in [0, 0.1) is 20.8 Å². The van der Waals surface area contributed by atoms with Crippen molar-refractivity contribution < 1.29 is 22.7 Å². The lowest BCUT2D eigenvalue weighted by Gasteiger charge is -2.16. The number of nitrogens with one attached hydrogen (secondary N) is 1. The van der Waals surface area contributed by atoms with E-state index in [4.69, 9.17) is 15.2 Å². The van der Waals surface area contributed by atoms with Gasteiger partial charge < -0.3 is 15.2 Å². The molecule has 4 aromatic rings. The first kappa shape index (κ1) is 25.6. The summed E-state index contributed by atoms with van der Waals surface area (Å²) in [4.78, 5) is 21.6. The molecule has 2 heterocycles. The van der Waals surface area contributed by atoms with Crippen LogP contribution in [0.3, 0.4) is 0 Å². The zero-order valence-electron chi connectivity index (χ0n) is 20.8. The first-order valence-electron chi connectivity index (χ1n) is 11.3. The van der Waals surface area contributed by atoms with E-state index < -0.39 is 15.9 Å². The van der Waals surface area contributed by atoms with Gasteiger partial charge in [-0.1, -0.05) is 35.9 Å². The van der Waals surface area contributed by atoms with Gasteiger partial charge in [-0.2, -0.15) is 8.42 Å². The fourth-order valence-corrected chi connectivity index (χ4v) is 4.81. The van der Waals surface area contributed by atoms with Gasteiger partial charge >= 0.3 is 0 Å². The van der Waals surface area contributed by atoms with E-state index in [9.17, 15) is 13.2 Å². The lowest BCUT2D eigenvalue weighted by molar-refractivity contribution is 0.0978. The molecular weight excluding hydrogens is 492 g/mol. The molecule has 4 rings (SSSR count). The second-order valence-electron chi connectivity index (χ2n) is 8.45. The number of nitrogens with zero attached hydrogens (tertiary/aromatic N) is 2. The van der Waals surface area contributed by atoms with Crippen LogP contribution in [-0.2, 0) is 10.0 Å². The van der Waals surface area contributed by atoms with Crippen LogP contribution in [-0.4, -0.2) is 31.4 Å². The maximum Gasteiger partial charge on any atom is 0.281 e. The highest BCUT2D eigenvalue weighted by Crippen LogP contribution is 2.33. The Morgan fingerprint density at radius 2 is 1.62 bits per heavy atom. The minimum atomic E-state index is -4.30. The van der Waals surface area contributed by atoms with Gasteiger partial charge in [0.1, 0.15) is 22.9 Å². The second kappa shape index (κ2) is 10.3. The standard InChI is InChI=1S/C27H26N4O5S/c1-16-13-17(2)25(18(3)14-16)36-27-21(11-12-22(29-27)19-7-5-8-20(15-19)35-4)26(32)31-37(33,34)24-10-6-9-23(28)30-24/h5-15H,1-4H3,(H2,28,30)(H,31,32). The Kier molecular flexibility index (Phi) is 7.12. The fraction of sp³-hybridized carbons (Fsp3) is 0.148. The highest BCUT2D eigenvalue weighted by atomic mass is 32.2. The maximum absolute atomic E-state index is 13.2. The molecule has 0 aliphatic heterocycles. The van der Waals surface area contributed by atoms with Crippen LogP contribution in [0.25, 0.3) is 11.3 Å². The summed E-state index contributed by atoms with van der Waals surface area (Å²) in [6, 6.07) is 18.3. The number of hydrogen-bond acceptors (Lipinski definition) is 8. The van der Waals surface area contributed by atoms with Crippen molar-refractivity contribution in [2.24, 2.45) is 0 Å². The van der Waals surface area contributed by atoms with E-state index in [0.717, 1.165) is 22.3 Å². The Bertz CT molecular complexity index is 1580. The van der Waals surface area contributed by atoms with Gasteiger partial charge in [0.05, 0.1) is 12.8 Å². The van der Waals surface area contributed by atoms with Crippen molar-refractivity contribution in [2.45, 2.75) is 25.8 Å². The van der Waals surface area contributed by atoms with E-state index in [0.29, 0.717) is 17.2 Å². The average molecular weight is 519 g/mol. The van der Waals surface area contributed by atoms with Crippen LogP contribution in [0.1, 0.15) is 27.0 Å². The molecule has 0 atom stereocenters. The zero-order valence-corrected chi connectivity index (χ0v) is 21.6. The van der Waals surface area contributed by atoms with Crippen molar-refractivity contribution in [2.75, 3.05) is 12.8 Å². The topological polar surface area (TPSA) is 134 Å². The monoisotopic (exact) mass is 518 g/mol. The molecule has 0 fully saturated rings. The van der Waals surface area contributed by atoms with Crippen molar-refractivity contribution in [3.05, 3.63) is 89.0 Å². The number of nitrogens with two attached hydrogens (primary N) is 1. The van der Waals surface area contributed by atoms with Gasteiger partial charge in [0.25, 0.3) is 15.9 Å². The maximum atomic E-state index is 13.2. The minimum Gasteiger partial charge on any atom is -0.497 e. The molecule has 9 nitrogen and oxygen atoms in total. The molecule has 10 heteroatoms. The van der Waals surface area contributed by atoms with Crippen LogP contribution in [0.15, 0.2) is 71.8 Å². The van der Waals surface area contributed by atoms with E-state index in [1.165, 1.54) is 24.3 Å². The normalized spacial score (nSPS) is 11.1. The van der Waals surface area contributed by atoms with Crippen LogP contribution in [0.5, 0.6) is 17.4 Å². The number of carbonyl (C=O) groups is 1. The number of benzene rings is 2. The van der Waals surface area contributed by atoms with E-state index in [-0.39, 0.29) is 22.3 Å². The predicted molar refractivity (Wildman–Crippen MR) is 140 cm³/mol. The van der Waals surface area contributed by atoms with Crippen LogP contribution in [0.2, 0.25) is 0 Å². The van der Waals surface area contributed by atoms with Gasteiger partial charge in [0.2, 0.25) is 5.88 Å². The molecule has 190 valence electrons. The molecule has 37 heavy (non-hydrogen) atoms. The number of nitrogen functional groups attached to an aromatic ring is 1.